The molecule has 1 heterocycles. The first-order chi connectivity index (χ1) is 14.0. The van der Waals surface area contributed by atoms with Gasteiger partial charge in [-0.25, -0.2) is 4.79 Å². The molecule has 1 aromatic heterocycles. The summed E-state index contributed by atoms with van der Waals surface area (Å²) in [6.45, 7) is 1.86. The fourth-order valence-corrected chi connectivity index (χ4v) is 2.93. The number of carbonyl (C=O) groups is 2. The highest BCUT2D eigenvalue weighted by Crippen LogP contribution is 2.36. The van der Waals surface area contributed by atoms with E-state index in [1.165, 1.54) is 19.3 Å². The van der Waals surface area contributed by atoms with Gasteiger partial charge in [0.25, 0.3) is 0 Å². The van der Waals surface area contributed by atoms with Gasteiger partial charge >= 0.3 is 5.97 Å². The zero-order valence-electron chi connectivity index (χ0n) is 15.9. The Balaban J connectivity index is 1.62. The molecule has 6 nitrogen and oxygen atoms in total. The van der Waals surface area contributed by atoms with Crippen LogP contribution in [0.5, 0.6) is 11.5 Å². The number of ether oxygens (including phenoxy) is 3. The van der Waals surface area contributed by atoms with E-state index in [0.29, 0.717) is 34.3 Å². The molecule has 0 fully saturated rings. The first-order valence-corrected chi connectivity index (χ1v) is 9.26. The zero-order chi connectivity index (χ0) is 20.8. The van der Waals surface area contributed by atoms with Crippen LogP contribution in [-0.4, -0.2) is 32.1 Å². The molecule has 0 bridgehead atoms. The average molecular weight is 415 g/mol. The van der Waals surface area contributed by atoms with Crippen LogP contribution < -0.4 is 9.47 Å². The summed E-state index contributed by atoms with van der Waals surface area (Å²) in [5, 5.41) is 1.17. The van der Waals surface area contributed by atoms with Crippen LogP contribution in [0, 0.1) is 0 Å². The van der Waals surface area contributed by atoms with Gasteiger partial charge in [-0.1, -0.05) is 29.8 Å². The molecule has 7 heteroatoms. The second kappa shape index (κ2) is 9.30. The van der Waals surface area contributed by atoms with Crippen molar-refractivity contribution < 1.29 is 28.2 Å². The number of carbonyl (C=O) groups excluding carboxylic acids is 2. The number of fused-ring (bicyclic) bond motifs is 1. The third-order valence-corrected chi connectivity index (χ3v) is 4.28. The minimum Gasteiger partial charge on any atom is -0.493 e. The van der Waals surface area contributed by atoms with Crippen molar-refractivity contribution in [1.29, 1.82) is 0 Å². The number of hydrogen-bond donors (Lipinski definition) is 0. The number of esters is 1. The predicted octanol–water partition coefficient (Wildman–Crippen LogP) is 4.93. The van der Waals surface area contributed by atoms with Gasteiger partial charge in [-0.2, -0.15) is 0 Å². The third kappa shape index (κ3) is 4.97. The highest BCUT2D eigenvalue weighted by Gasteiger charge is 2.14. The van der Waals surface area contributed by atoms with E-state index in [9.17, 15) is 9.59 Å². The predicted molar refractivity (Wildman–Crippen MR) is 110 cm³/mol. The van der Waals surface area contributed by atoms with E-state index in [2.05, 4.69) is 0 Å². The Bertz CT molecular complexity index is 1030. The summed E-state index contributed by atoms with van der Waals surface area (Å²) in [6, 6.07) is 12.2. The molecule has 0 aliphatic heterocycles. The van der Waals surface area contributed by atoms with Crippen molar-refractivity contribution in [2.75, 3.05) is 20.3 Å². The van der Waals surface area contributed by atoms with Crippen molar-refractivity contribution in [3.8, 4) is 11.5 Å². The Morgan fingerprint density at radius 3 is 2.69 bits per heavy atom. The van der Waals surface area contributed by atoms with Crippen LogP contribution in [0.25, 0.3) is 17.0 Å². The quantitative estimate of drug-likeness (QED) is 0.295. The van der Waals surface area contributed by atoms with Crippen LogP contribution in [0.1, 0.15) is 23.0 Å². The summed E-state index contributed by atoms with van der Waals surface area (Å²) < 4.78 is 21.2. The monoisotopic (exact) mass is 414 g/mol. The number of ketones is 1. The molecule has 0 atom stereocenters. The number of halogens is 1. The number of methoxy groups -OCH3 is 1. The molecule has 0 N–H and O–H groups in total. The molecule has 29 heavy (non-hydrogen) atoms. The molecule has 0 unspecified atom stereocenters. The molecule has 0 amide bonds. The summed E-state index contributed by atoms with van der Waals surface area (Å²) in [5.41, 5.74) is 1.22. The highest BCUT2D eigenvalue weighted by atomic mass is 35.5. The molecule has 0 radical (unpaired) electrons. The van der Waals surface area contributed by atoms with Gasteiger partial charge in [0.05, 0.1) is 18.7 Å². The maximum Gasteiger partial charge on any atom is 0.331 e. The van der Waals surface area contributed by atoms with Crippen LogP contribution in [0.4, 0.5) is 0 Å². The number of rotatable bonds is 8. The number of para-hydroxylation sites is 1. The Kier molecular flexibility index (Phi) is 6.57. The topological polar surface area (TPSA) is 75.0 Å². The number of furan rings is 1. The number of Topliss-reactive ketones (excluding diaryl/α,β-unsaturated/α-hetero) is 1. The maximum atomic E-state index is 12.2. The zero-order valence-corrected chi connectivity index (χ0v) is 16.7. The van der Waals surface area contributed by atoms with Gasteiger partial charge in [-0.05, 0) is 42.8 Å². The SMILES string of the molecule is CCOc1c(Cl)cc(/C=C/C(=O)OCC(=O)c2cc3ccccc3o2)cc1OC. The van der Waals surface area contributed by atoms with Crippen molar-refractivity contribution in [3.05, 3.63) is 64.9 Å². The molecule has 3 aromatic rings. The summed E-state index contributed by atoms with van der Waals surface area (Å²) in [5.74, 6) is -0.0570. The van der Waals surface area contributed by atoms with E-state index in [1.807, 2.05) is 25.1 Å². The smallest absolute Gasteiger partial charge is 0.331 e. The van der Waals surface area contributed by atoms with E-state index >= 15 is 0 Å². The van der Waals surface area contributed by atoms with Crippen LogP contribution in [-0.2, 0) is 9.53 Å². The van der Waals surface area contributed by atoms with Crippen LogP contribution in [0.2, 0.25) is 5.02 Å². The van der Waals surface area contributed by atoms with E-state index < -0.39 is 18.4 Å². The Hall–Kier alpha value is -3.25. The largest absolute Gasteiger partial charge is 0.493 e. The summed E-state index contributed by atoms with van der Waals surface area (Å²) in [4.78, 5) is 24.1. The fourth-order valence-electron chi connectivity index (χ4n) is 2.66. The molecule has 0 spiro atoms. The first kappa shape index (κ1) is 20.5. The van der Waals surface area contributed by atoms with E-state index in [1.54, 1.807) is 24.3 Å². The van der Waals surface area contributed by atoms with Crippen molar-refractivity contribution in [2.45, 2.75) is 6.92 Å². The standard InChI is InChI=1S/C22H19ClO6/c1-3-27-22-16(23)10-14(11-20(22)26-2)8-9-21(25)28-13-17(24)19-12-15-6-4-5-7-18(15)29-19/h4-12H,3,13H2,1-2H3/b9-8+. The van der Waals surface area contributed by atoms with Gasteiger partial charge in [-0.3, -0.25) is 4.79 Å². The second-order valence-corrected chi connectivity index (χ2v) is 6.39. The van der Waals surface area contributed by atoms with Gasteiger partial charge in [0.15, 0.2) is 23.9 Å². The van der Waals surface area contributed by atoms with E-state index in [0.717, 1.165) is 5.39 Å². The lowest BCUT2D eigenvalue weighted by Gasteiger charge is -2.11. The van der Waals surface area contributed by atoms with Crippen molar-refractivity contribution in [2.24, 2.45) is 0 Å². The van der Waals surface area contributed by atoms with E-state index in [4.69, 9.17) is 30.2 Å². The Morgan fingerprint density at radius 2 is 1.97 bits per heavy atom. The fraction of sp³-hybridized carbons (Fsp3) is 0.182. The normalized spacial score (nSPS) is 11.0. The Labute approximate surface area is 172 Å². The van der Waals surface area contributed by atoms with Crippen LogP contribution in [0.15, 0.2) is 53.0 Å². The van der Waals surface area contributed by atoms with Gasteiger partial charge < -0.3 is 18.6 Å². The van der Waals surface area contributed by atoms with Crippen molar-refractivity contribution in [1.82, 2.24) is 0 Å². The van der Waals surface area contributed by atoms with Crippen LogP contribution in [0.3, 0.4) is 0 Å². The molecule has 0 saturated carbocycles. The molecule has 150 valence electrons. The molecular weight excluding hydrogens is 396 g/mol. The molecule has 0 saturated heterocycles. The number of benzene rings is 2. The number of hydrogen-bond acceptors (Lipinski definition) is 6. The Morgan fingerprint density at radius 1 is 1.17 bits per heavy atom. The molecule has 3 rings (SSSR count). The van der Waals surface area contributed by atoms with Gasteiger partial charge in [0, 0.05) is 11.5 Å². The van der Waals surface area contributed by atoms with Gasteiger partial charge in [-0.15, -0.1) is 0 Å². The average Bonchev–Trinajstić information content (AvgIpc) is 3.16. The van der Waals surface area contributed by atoms with Gasteiger partial charge in [0.2, 0.25) is 5.78 Å². The lowest BCUT2D eigenvalue weighted by molar-refractivity contribution is -0.136. The third-order valence-electron chi connectivity index (χ3n) is 4.00. The molecular formula is C22H19ClO6. The lowest BCUT2D eigenvalue weighted by atomic mass is 10.2. The first-order valence-electron chi connectivity index (χ1n) is 8.88. The molecule has 0 aliphatic rings. The second-order valence-electron chi connectivity index (χ2n) is 5.98. The lowest BCUT2D eigenvalue weighted by Crippen LogP contribution is -2.11. The summed E-state index contributed by atoms with van der Waals surface area (Å²) in [7, 11) is 1.50. The molecule has 0 aliphatic carbocycles. The summed E-state index contributed by atoms with van der Waals surface area (Å²) in [6.07, 6.45) is 2.72. The van der Waals surface area contributed by atoms with Gasteiger partial charge in [0.1, 0.15) is 5.58 Å². The van der Waals surface area contributed by atoms with Crippen molar-refractivity contribution in [3.63, 3.8) is 0 Å². The summed E-state index contributed by atoms with van der Waals surface area (Å²) >= 11 is 6.20. The van der Waals surface area contributed by atoms with Crippen molar-refractivity contribution >= 4 is 40.4 Å². The minimum atomic E-state index is -0.668. The van der Waals surface area contributed by atoms with Crippen LogP contribution >= 0.6 is 11.6 Å². The molecule has 2 aromatic carbocycles. The van der Waals surface area contributed by atoms with E-state index in [-0.39, 0.29) is 5.76 Å². The maximum absolute atomic E-state index is 12.2. The highest BCUT2D eigenvalue weighted by molar-refractivity contribution is 6.32. The minimum absolute atomic E-state index is 0.144.